The maximum absolute atomic E-state index is 13.7. The quantitative estimate of drug-likeness (QED) is 0.00463. The summed E-state index contributed by atoms with van der Waals surface area (Å²) in [4.78, 5) is 86.7. The molecule has 0 aliphatic carbocycles. The highest BCUT2D eigenvalue weighted by Crippen LogP contribution is 2.41. The van der Waals surface area contributed by atoms with Crippen molar-refractivity contribution in [1.82, 2.24) is 24.9 Å². The van der Waals surface area contributed by atoms with E-state index in [-0.39, 0.29) is 54.5 Å². The molecule has 97 heavy (non-hydrogen) atoms. The van der Waals surface area contributed by atoms with E-state index < -0.39 is 43.6 Å². The number of carbonyl (C=O) groups excluding carboxylic acids is 4. The summed E-state index contributed by atoms with van der Waals surface area (Å²) in [7, 11) is -8.97. The number of hydrogen-bond donors (Lipinski definition) is 6. The number of ether oxygens (including phenoxy) is 2. The van der Waals surface area contributed by atoms with Crippen molar-refractivity contribution >= 4 is 169 Å². The summed E-state index contributed by atoms with van der Waals surface area (Å²) < 4.78 is 76.8. The number of amides is 2. The Morgan fingerprint density at radius 3 is 1.31 bits per heavy atom. The van der Waals surface area contributed by atoms with Gasteiger partial charge < -0.3 is 50.3 Å². The number of unbranched alkanes of at least 4 members (excludes halogenated alkanes) is 1. The summed E-state index contributed by atoms with van der Waals surface area (Å²) in [6.45, 7) is 19.1. The average molecular weight is 1420 g/mol. The van der Waals surface area contributed by atoms with Gasteiger partial charge in [-0.1, -0.05) is 47.8 Å². The number of benzene rings is 4. The molecule has 0 unspecified atom stereocenters. The average Bonchev–Trinajstić information content (AvgIpc) is 1.78. The number of azo groups is 2. The summed E-state index contributed by atoms with van der Waals surface area (Å²) >= 11 is 3.67. The van der Waals surface area contributed by atoms with Gasteiger partial charge in [-0.05, 0) is 145 Å². The molecule has 0 atom stereocenters. The number of hydrogen-bond acceptors (Lipinski definition) is 28. The first-order chi connectivity index (χ1) is 46.5. The largest absolute Gasteiger partial charge is 0.378 e. The predicted octanol–water partition coefficient (Wildman–Crippen LogP) is 12.1. The van der Waals surface area contributed by atoms with Crippen molar-refractivity contribution in [3.05, 3.63) is 106 Å². The van der Waals surface area contributed by atoms with E-state index in [2.05, 4.69) is 75.9 Å². The summed E-state index contributed by atoms with van der Waals surface area (Å²) in [6, 6.07) is 21.0. The lowest BCUT2D eigenvalue weighted by Crippen LogP contribution is -2.36. The molecule has 2 amide bonds. The Balaban J connectivity index is 1.06. The molecule has 3 aromatic heterocycles. The number of anilines is 10. The topological polar surface area (TPSA) is 370 Å². The number of rotatable bonds is 30. The number of Topliss-reactive ketones (excluding diaryl/α,β-unsaturated/α-hetero) is 2. The third-order valence-electron chi connectivity index (χ3n) is 15.0. The molecule has 0 saturated carbocycles. The van der Waals surface area contributed by atoms with Crippen molar-refractivity contribution in [1.29, 1.82) is 0 Å². The molecular weight excluding hydrogens is 1350 g/mol. The van der Waals surface area contributed by atoms with E-state index in [1.54, 1.807) is 0 Å². The van der Waals surface area contributed by atoms with Gasteiger partial charge in [0.1, 0.15) is 23.0 Å². The van der Waals surface area contributed by atoms with Crippen LogP contribution in [0.5, 0.6) is 0 Å². The highest BCUT2D eigenvalue weighted by Gasteiger charge is 2.26. The van der Waals surface area contributed by atoms with Crippen LogP contribution >= 0.6 is 34.4 Å². The molecule has 2 fully saturated rings. The van der Waals surface area contributed by atoms with E-state index in [0.717, 1.165) is 71.2 Å². The Kier molecular flexibility index (Phi) is 24.8. The van der Waals surface area contributed by atoms with Crippen LogP contribution in [-0.4, -0.2) is 159 Å². The van der Waals surface area contributed by atoms with Crippen molar-refractivity contribution < 1.29 is 54.6 Å². The zero-order valence-corrected chi connectivity index (χ0v) is 58.3. The third kappa shape index (κ3) is 19.4. The second kappa shape index (κ2) is 33.3. The van der Waals surface area contributed by atoms with Gasteiger partial charge in [0, 0.05) is 80.9 Å². The smallest absolute Gasteiger partial charge is 0.294 e. The molecule has 0 spiro atoms. The van der Waals surface area contributed by atoms with E-state index >= 15 is 0 Å². The zero-order valence-electron chi connectivity index (χ0n) is 54.2. The predicted molar refractivity (Wildman–Crippen MR) is 378 cm³/mol. The van der Waals surface area contributed by atoms with E-state index in [1.165, 1.54) is 62.0 Å². The molecule has 29 nitrogen and oxygen atoms in total. The van der Waals surface area contributed by atoms with Crippen molar-refractivity contribution in [3.63, 3.8) is 0 Å². The second-order valence-electron chi connectivity index (χ2n) is 21.6. The lowest BCUT2D eigenvalue weighted by atomic mass is 10.1. The fourth-order valence-corrected chi connectivity index (χ4v) is 13.5. The molecule has 6 N–H and O–H groups in total. The van der Waals surface area contributed by atoms with Crippen LogP contribution in [0.2, 0.25) is 0 Å². The molecule has 0 radical (unpaired) electrons. The Labute approximate surface area is 573 Å². The first-order valence-corrected chi connectivity index (χ1v) is 36.5. The van der Waals surface area contributed by atoms with Gasteiger partial charge in [-0.3, -0.25) is 28.3 Å². The zero-order chi connectivity index (χ0) is 69.4. The van der Waals surface area contributed by atoms with Crippen LogP contribution in [0.3, 0.4) is 0 Å². The first-order valence-electron chi connectivity index (χ1n) is 31.0. The minimum absolute atomic E-state index is 0.168. The van der Waals surface area contributed by atoms with Gasteiger partial charge in [0.25, 0.3) is 32.1 Å². The van der Waals surface area contributed by atoms with Crippen LogP contribution in [-0.2, 0) is 48.9 Å². The first kappa shape index (κ1) is 72.3. The molecule has 5 heterocycles. The van der Waals surface area contributed by atoms with Crippen LogP contribution in [0.1, 0.15) is 71.1 Å². The van der Waals surface area contributed by atoms with Crippen LogP contribution in [0, 0.1) is 0 Å². The molecule has 512 valence electrons. The van der Waals surface area contributed by atoms with Gasteiger partial charge >= 0.3 is 0 Å². The third-order valence-corrected chi connectivity index (χ3v) is 19.4. The Bertz CT molecular complexity index is 4090. The number of carbonyl (C=O) groups is 4. The molecule has 9 rings (SSSR count). The van der Waals surface area contributed by atoms with Gasteiger partial charge in [-0.25, -0.2) is 0 Å². The number of thiazole rings is 2. The van der Waals surface area contributed by atoms with E-state index in [9.17, 15) is 45.1 Å². The minimum Gasteiger partial charge on any atom is -0.378 e. The molecule has 0 bridgehead atoms. The maximum Gasteiger partial charge on any atom is 0.294 e. The van der Waals surface area contributed by atoms with Crippen molar-refractivity contribution in [2.24, 2.45) is 20.5 Å². The monoisotopic (exact) mass is 1420 g/mol. The van der Waals surface area contributed by atoms with Crippen LogP contribution < -0.4 is 40.9 Å². The van der Waals surface area contributed by atoms with E-state index in [0.29, 0.717) is 134 Å². The maximum atomic E-state index is 13.7. The highest BCUT2D eigenvalue weighted by molar-refractivity contribution is 7.99. The van der Waals surface area contributed by atoms with Gasteiger partial charge in [0.2, 0.25) is 22.2 Å². The molecule has 2 aliphatic rings. The van der Waals surface area contributed by atoms with Crippen LogP contribution in [0.15, 0.2) is 131 Å². The number of ketones is 2. The number of thioether (sulfide) groups is 1. The SMILES string of the molecule is CCCCSc1nc(Nc2cc(N(CC)CC)ccc2/N=N/c2nc(N3CCOCC3)c(/C=C(/C(C)=O)C(=O)Nc3ccc(S(=O)(=O)O)cc3)s2)nc(Nc2cc(N(CC)CC)ccc2/N=N/c2nc(N3CCOCC3)c(/C=C(\C(C)=O)C(=O)Nc3ccc(S(=O)(=O)O)cc3)s2)n1. The number of nitrogens with one attached hydrogen (secondary N) is 4. The molecule has 7 aromatic rings. The molecule has 34 heteroatoms. The fourth-order valence-electron chi connectivity index (χ4n) is 9.90. The van der Waals surface area contributed by atoms with E-state index in [1.807, 2.05) is 46.2 Å². The Morgan fingerprint density at radius 2 is 0.959 bits per heavy atom. The summed E-state index contributed by atoms with van der Waals surface area (Å²) in [5.41, 5.74) is 3.41. The van der Waals surface area contributed by atoms with Gasteiger partial charge in [-0.15, -0.1) is 20.5 Å². The summed E-state index contributed by atoms with van der Waals surface area (Å²) in [6.07, 6.45) is 4.69. The number of nitrogens with zero attached hydrogens (tertiary/aromatic N) is 13. The number of aromatic nitrogens is 5. The van der Waals surface area contributed by atoms with Crippen LogP contribution in [0.25, 0.3) is 12.2 Å². The van der Waals surface area contributed by atoms with Crippen LogP contribution in [0.4, 0.5) is 79.3 Å². The summed E-state index contributed by atoms with van der Waals surface area (Å²) in [5, 5.41) is 31.7. The standard InChI is InChI=1S/C63H73N17O12S5/c1-8-13-34-93-61-71-59(66-51-35-43(77(9-2)10-3)18-24-49(51)73-75-62-68-55(79-26-30-91-31-27-79)53(94-62)37-47(39(6)81)57(83)64-41-14-20-45(21-15-41)96(85,86)87)70-60(72-61)67-52-36-44(78(11-4)12-5)19-25-50(52)74-76-63-69-56(80-28-32-92-33-29-80)54(95-63)38-48(40(7)82)58(84)65-42-16-22-46(23-17-42)97(88,89)90/h14-25,35-38H,8-13,26-34H2,1-7H3,(H,64,83)(H,65,84)(H,85,86,87)(H,88,89,90)(H2,66,67,70,71,72)/b47-37-,48-38+,75-73+,76-74+. The summed E-state index contributed by atoms with van der Waals surface area (Å²) in [5.74, 6) is -0.680. The van der Waals surface area contributed by atoms with Gasteiger partial charge in [0.15, 0.2) is 16.7 Å². The molecular formula is C63H73N17O12S5. The lowest BCUT2D eigenvalue weighted by molar-refractivity contribution is -0.120. The fraction of sp³-hybridized carbons (Fsp3) is 0.349. The Morgan fingerprint density at radius 1 is 0.567 bits per heavy atom. The minimum atomic E-state index is -4.49. The second-order valence-corrected chi connectivity index (χ2v) is 27.5. The molecule has 2 saturated heterocycles. The van der Waals surface area contributed by atoms with Crippen molar-refractivity contribution in [2.45, 2.75) is 76.3 Å². The van der Waals surface area contributed by atoms with Gasteiger partial charge in [0.05, 0.1) is 68.5 Å². The lowest BCUT2D eigenvalue weighted by Gasteiger charge is -2.27. The van der Waals surface area contributed by atoms with Crippen molar-refractivity contribution in [2.75, 3.05) is 125 Å². The van der Waals surface area contributed by atoms with Gasteiger partial charge in [-0.2, -0.15) is 41.8 Å². The normalized spacial score (nSPS) is 14.1. The molecule has 4 aromatic carbocycles. The molecule has 2 aliphatic heterocycles. The highest BCUT2D eigenvalue weighted by atomic mass is 32.2. The Hall–Kier alpha value is -9.00. The number of morpholine rings is 2. The van der Waals surface area contributed by atoms with E-state index in [4.69, 9.17) is 44.6 Å². The van der Waals surface area contributed by atoms with Crippen molar-refractivity contribution in [3.8, 4) is 0 Å².